The molecular formula is C15H23N3O2. The van der Waals surface area contributed by atoms with Crippen LogP contribution in [0.1, 0.15) is 25.3 Å². The lowest BCUT2D eigenvalue weighted by Gasteiger charge is -2.30. The third kappa shape index (κ3) is 3.48. The maximum absolute atomic E-state index is 11.1. The number of nitrogens with one attached hydrogen (secondary N) is 1. The number of aryl methyl sites for hydroxylation is 1. The number of piperidine rings is 1. The smallest absolute Gasteiger partial charge is 0.274 e. The van der Waals surface area contributed by atoms with Crippen LogP contribution in [0, 0.1) is 23.0 Å². The fourth-order valence-corrected chi connectivity index (χ4v) is 2.78. The normalized spacial score (nSPS) is 16.1. The van der Waals surface area contributed by atoms with E-state index < -0.39 is 0 Å². The Labute approximate surface area is 120 Å². The van der Waals surface area contributed by atoms with Gasteiger partial charge in [0.1, 0.15) is 0 Å². The van der Waals surface area contributed by atoms with Crippen molar-refractivity contribution >= 4 is 11.4 Å². The predicted molar refractivity (Wildman–Crippen MR) is 81.3 cm³/mol. The van der Waals surface area contributed by atoms with Crippen molar-refractivity contribution in [2.45, 2.75) is 26.7 Å². The molecule has 0 aromatic heterocycles. The van der Waals surface area contributed by atoms with Gasteiger partial charge in [-0.05, 0) is 51.8 Å². The molecule has 1 aromatic carbocycles. The third-order valence-electron chi connectivity index (χ3n) is 4.07. The number of nitro benzene ring substituents is 1. The molecule has 20 heavy (non-hydrogen) atoms. The van der Waals surface area contributed by atoms with E-state index in [4.69, 9.17) is 0 Å². The summed E-state index contributed by atoms with van der Waals surface area (Å²) >= 11 is 0. The molecule has 0 unspecified atom stereocenters. The summed E-state index contributed by atoms with van der Waals surface area (Å²) in [5.74, 6) is 0.677. The third-order valence-corrected chi connectivity index (χ3v) is 4.07. The standard InChI is InChI=1S/C15H23N3O2/c1-3-17(11-13-6-8-16-9-7-13)14-5-4-12(2)15(10-14)18(19)20/h4-5,10,13,16H,3,6-9,11H2,1-2H3. The van der Waals surface area contributed by atoms with E-state index in [1.54, 1.807) is 13.0 Å². The zero-order valence-electron chi connectivity index (χ0n) is 12.3. The van der Waals surface area contributed by atoms with Crippen LogP contribution in [0.5, 0.6) is 0 Å². The maximum Gasteiger partial charge on any atom is 0.274 e. The van der Waals surface area contributed by atoms with Crippen molar-refractivity contribution in [1.29, 1.82) is 0 Å². The number of hydrogen-bond acceptors (Lipinski definition) is 4. The first-order valence-corrected chi connectivity index (χ1v) is 7.32. The highest BCUT2D eigenvalue weighted by molar-refractivity contribution is 5.56. The van der Waals surface area contributed by atoms with Gasteiger partial charge in [-0.1, -0.05) is 6.07 Å². The predicted octanol–water partition coefficient (Wildman–Crippen LogP) is 2.73. The largest absolute Gasteiger partial charge is 0.371 e. The first-order valence-electron chi connectivity index (χ1n) is 7.32. The molecule has 1 aliphatic heterocycles. The lowest BCUT2D eigenvalue weighted by Crippen LogP contribution is -2.36. The molecule has 0 aliphatic carbocycles. The summed E-state index contributed by atoms with van der Waals surface area (Å²) in [6.07, 6.45) is 2.37. The van der Waals surface area contributed by atoms with Gasteiger partial charge < -0.3 is 10.2 Å². The second kappa shape index (κ2) is 6.70. The topological polar surface area (TPSA) is 58.4 Å². The highest BCUT2D eigenvalue weighted by Gasteiger charge is 2.19. The van der Waals surface area contributed by atoms with Crippen LogP contribution in [0.25, 0.3) is 0 Å². The minimum atomic E-state index is -0.294. The van der Waals surface area contributed by atoms with E-state index in [2.05, 4.69) is 17.1 Å². The fraction of sp³-hybridized carbons (Fsp3) is 0.600. The van der Waals surface area contributed by atoms with Gasteiger partial charge in [-0.3, -0.25) is 10.1 Å². The zero-order chi connectivity index (χ0) is 14.5. The van der Waals surface area contributed by atoms with Crippen LogP contribution in [-0.4, -0.2) is 31.1 Å². The van der Waals surface area contributed by atoms with Gasteiger partial charge in [-0.15, -0.1) is 0 Å². The van der Waals surface area contributed by atoms with E-state index in [1.165, 1.54) is 12.8 Å². The average molecular weight is 277 g/mol. The lowest BCUT2D eigenvalue weighted by atomic mass is 9.97. The molecule has 5 nitrogen and oxygen atoms in total. The second-order valence-corrected chi connectivity index (χ2v) is 5.46. The van der Waals surface area contributed by atoms with Gasteiger partial charge in [0.25, 0.3) is 5.69 Å². The molecule has 5 heteroatoms. The van der Waals surface area contributed by atoms with Crippen molar-refractivity contribution in [1.82, 2.24) is 5.32 Å². The Kier molecular flexibility index (Phi) is 4.95. The second-order valence-electron chi connectivity index (χ2n) is 5.46. The molecule has 0 amide bonds. The van der Waals surface area contributed by atoms with Crippen molar-refractivity contribution in [3.63, 3.8) is 0 Å². The Hall–Kier alpha value is -1.62. The van der Waals surface area contributed by atoms with Crippen molar-refractivity contribution < 1.29 is 4.92 Å². The summed E-state index contributed by atoms with van der Waals surface area (Å²) in [6.45, 7) is 7.91. The molecule has 1 heterocycles. The van der Waals surface area contributed by atoms with Gasteiger partial charge in [0.2, 0.25) is 0 Å². The number of nitrogens with zero attached hydrogens (tertiary/aromatic N) is 2. The minimum absolute atomic E-state index is 0.214. The molecule has 1 aromatic rings. The van der Waals surface area contributed by atoms with Crippen LogP contribution in [0.15, 0.2) is 18.2 Å². The van der Waals surface area contributed by atoms with E-state index >= 15 is 0 Å². The van der Waals surface area contributed by atoms with Crippen LogP contribution < -0.4 is 10.2 Å². The molecule has 110 valence electrons. The van der Waals surface area contributed by atoms with Crippen LogP contribution in [0.2, 0.25) is 0 Å². The van der Waals surface area contributed by atoms with E-state index in [0.29, 0.717) is 5.92 Å². The summed E-state index contributed by atoms with van der Waals surface area (Å²) in [7, 11) is 0. The van der Waals surface area contributed by atoms with Crippen molar-refractivity contribution in [3.8, 4) is 0 Å². The Balaban J connectivity index is 2.14. The summed E-state index contributed by atoms with van der Waals surface area (Å²) in [4.78, 5) is 13.0. The number of hydrogen-bond donors (Lipinski definition) is 1. The Morgan fingerprint density at radius 3 is 2.70 bits per heavy atom. The molecule has 1 aliphatic rings. The number of rotatable bonds is 5. The summed E-state index contributed by atoms with van der Waals surface area (Å²) in [5.41, 5.74) is 1.89. The SMILES string of the molecule is CCN(CC1CCNCC1)c1ccc(C)c([N+](=O)[O-])c1. The molecule has 1 N–H and O–H groups in total. The molecular weight excluding hydrogens is 254 g/mol. The molecule has 0 atom stereocenters. The van der Waals surface area contributed by atoms with Crippen molar-refractivity contribution in [2.24, 2.45) is 5.92 Å². The maximum atomic E-state index is 11.1. The number of benzene rings is 1. The molecule has 0 saturated carbocycles. The summed E-state index contributed by atoms with van der Waals surface area (Å²) < 4.78 is 0. The first-order chi connectivity index (χ1) is 9.61. The van der Waals surface area contributed by atoms with Crippen LogP contribution in [0.4, 0.5) is 11.4 Å². The Morgan fingerprint density at radius 2 is 2.10 bits per heavy atom. The van der Waals surface area contributed by atoms with Gasteiger partial charge in [0, 0.05) is 30.4 Å². The van der Waals surface area contributed by atoms with Crippen LogP contribution in [0.3, 0.4) is 0 Å². The van der Waals surface area contributed by atoms with E-state index in [0.717, 1.165) is 37.4 Å². The van der Waals surface area contributed by atoms with Gasteiger partial charge in [-0.2, -0.15) is 0 Å². The quantitative estimate of drug-likeness (QED) is 0.664. The van der Waals surface area contributed by atoms with Crippen molar-refractivity contribution in [3.05, 3.63) is 33.9 Å². The fourth-order valence-electron chi connectivity index (χ4n) is 2.78. The van der Waals surface area contributed by atoms with Crippen LogP contribution >= 0.6 is 0 Å². The molecule has 0 radical (unpaired) electrons. The Bertz CT molecular complexity index is 470. The summed E-state index contributed by atoms with van der Waals surface area (Å²) in [6, 6.07) is 5.55. The highest BCUT2D eigenvalue weighted by atomic mass is 16.6. The van der Waals surface area contributed by atoms with E-state index in [9.17, 15) is 10.1 Å². The molecule has 0 spiro atoms. The van der Waals surface area contributed by atoms with Gasteiger partial charge in [0.05, 0.1) is 4.92 Å². The van der Waals surface area contributed by atoms with E-state index in [1.807, 2.05) is 12.1 Å². The monoisotopic (exact) mass is 277 g/mol. The molecule has 1 fully saturated rings. The first kappa shape index (κ1) is 14.8. The highest BCUT2D eigenvalue weighted by Crippen LogP contribution is 2.26. The molecule has 0 bridgehead atoms. The van der Waals surface area contributed by atoms with Gasteiger partial charge in [-0.25, -0.2) is 0 Å². The van der Waals surface area contributed by atoms with Gasteiger partial charge in [0.15, 0.2) is 0 Å². The Morgan fingerprint density at radius 1 is 1.40 bits per heavy atom. The van der Waals surface area contributed by atoms with E-state index in [-0.39, 0.29) is 10.6 Å². The summed E-state index contributed by atoms with van der Waals surface area (Å²) in [5, 5.41) is 14.4. The average Bonchev–Trinajstić information content (AvgIpc) is 2.46. The molecule has 1 saturated heterocycles. The lowest BCUT2D eigenvalue weighted by molar-refractivity contribution is -0.385. The van der Waals surface area contributed by atoms with Crippen molar-refractivity contribution in [2.75, 3.05) is 31.1 Å². The zero-order valence-corrected chi connectivity index (χ0v) is 12.3. The minimum Gasteiger partial charge on any atom is -0.371 e. The molecule has 2 rings (SSSR count). The number of nitro groups is 1. The van der Waals surface area contributed by atoms with Gasteiger partial charge >= 0.3 is 0 Å². The number of anilines is 1. The van der Waals surface area contributed by atoms with Crippen LogP contribution in [-0.2, 0) is 0 Å².